The topological polar surface area (TPSA) is 21.3 Å². The molecule has 1 aromatic carbocycles. The van der Waals surface area contributed by atoms with Crippen molar-refractivity contribution in [1.82, 2.24) is 5.32 Å². The molecule has 0 aliphatic heterocycles. The van der Waals surface area contributed by atoms with Crippen LogP contribution < -0.4 is 10.1 Å². The summed E-state index contributed by atoms with van der Waals surface area (Å²) in [6.07, 6.45) is 6.08. The van der Waals surface area contributed by atoms with Gasteiger partial charge in [0.15, 0.2) is 11.6 Å². The second-order valence-electron chi connectivity index (χ2n) is 6.32. The Morgan fingerprint density at radius 2 is 2.00 bits per heavy atom. The highest BCUT2D eigenvalue weighted by atomic mass is 19.1. The summed E-state index contributed by atoms with van der Waals surface area (Å²) in [6, 6.07) is 5.09. The van der Waals surface area contributed by atoms with Gasteiger partial charge >= 0.3 is 0 Å². The number of benzene rings is 1. The molecule has 1 rings (SSSR count). The highest BCUT2D eigenvalue weighted by Crippen LogP contribution is 2.23. The van der Waals surface area contributed by atoms with E-state index < -0.39 is 0 Å². The molecule has 0 heterocycles. The molecule has 0 bridgehead atoms. The average Bonchev–Trinajstić information content (AvgIpc) is 2.41. The highest BCUT2D eigenvalue weighted by molar-refractivity contribution is 5.35. The van der Waals surface area contributed by atoms with Crippen LogP contribution in [0.15, 0.2) is 30.9 Å². The molecule has 0 spiro atoms. The molecule has 1 aromatic rings. The molecule has 0 radical (unpaired) electrons. The SMILES string of the molecule is C=CCCCCCOc1c(F)cccc1CNC(C)(C)C. The molecule has 118 valence electrons. The lowest BCUT2D eigenvalue weighted by molar-refractivity contribution is 0.285. The third-order valence-corrected chi connectivity index (χ3v) is 3.16. The van der Waals surface area contributed by atoms with E-state index >= 15 is 0 Å². The molecule has 0 saturated carbocycles. The van der Waals surface area contributed by atoms with Crippen LogP contribution in [0.4, 0.5) is 4.39 Å². The fourth-order valence-corrected chi connectivity index (χ4v) is 1.96. The van der Waals surface area contributed by atoms with E-state index in [9.17, 15) is 4.39 Å². The number of ether oxygens (including phenoxy) is 1. The Kier molecular flexibility index (Phi) is 7.44. The summed E-state index contributed by atoms with van der Waals surface area (Å²) in [6.45, 7) is 11.1. The third-order valence-electron chi connectivity index (χ3n) is 3.16. The van der Waals surface area contributed by atoms with Crippen molar-refractivity contribution >= 4 is 0 Å². The summed E-state index contributed by atoms with van der Waals surface area (Å²) < 4.78 is 19.6. The second kappa shape index (κ2) is 8.83. The summed E-state index contributed by atoms with van der Waals surface area (Å²) in [5.41, 5.74) is 0.866. The van der Waals surface area contributed by atoms with Gasteiger partial charge in [-0.25, -0.2) is 4.39 Å². The Bertz CT molecular complexity index is 437. The summed E-state index contributed by atoms with van der Waals surface area (Å²) in [5, 5.41) is 3.37. The largest absolute Gasteiger partial charge is 0.490 e. The molecule has 0 amide bonds. The number of hydrogen-bond acceptors (Lipinski definition) is 2. The Morgan fingerprint density at radius 1 is 1.24 bits per heavy atom. The second-order valence-corrected chi connectivity index (χ2v) is 6.32. The molecule has 0 fully saturated rings. The van der Waals surface area contributed by atoms with Crippen molar-refractivity contribution in [1.29, 1.82) is 0 Å². The molecule has 0 atom stereocenters. The molecule has 1 N–H and O–H groups in total. The van der Waals surface area contributed by atoms with Crippen LogP contribution >= 0.6 is 0 Å². The van der Waals surface area contributed by atoms with E-state index in [1.165, 1.54) is 6.07 Å². The van der Waals surface area contributed by atoms with Gasteiger partial charge in [0, 0.05) is 17.6 Å². The van der Waals surface area contributed by atoms with Crippen LogP contribution in [0.3, 0.4) is 0 Å². The van der Waals surface area contributed by atoms with Crippen molar-refractivity contribution in [3.05, 3.63) is 42.2 Å². The lowest BCUT2D eigenvalue weighted by Crippen LogP contribution is -2.35. The molecule has 0 saturated heterocycles. The van der Waals surface area contributed by atoms with E-state index in [-0.39, 0.29) is 11.4 Å². The van der Waals surface area contributed by atoms with Gasteiger partial charge < -0.3 is 10.1 Å². The fourth-order valence-electron chi connectivity index (χ4n) is 1.96. The lowest BCUT2D eigenvalue weighted by Gasteiger charge is -2.22. The van der Waals surface area contributed by atoms with Crippen LogP contribution in [0, 0.1) is 5.82 Å². The van der Waals surface area contributed by atoms with E-state index in [0.29, 0.717) is 18.9 Å². The Morgan fingerprint density at radius 3 is 2.67 bits per heavy atom. The number of nitrogens with one attached hydrogen (secondary N) is 1. The van der Waals surface area contributed by atoms with Gasteiger partial charge in [0.05, 0.1) is 6.61 Å². The van der Waals surface area contributed by atoms with Crippen molar-refractivity contribution < 1.29 is 9.13 Å². The molecule has 21 heavy (non-hydrogen) atoms. The van der Waals surface area contributed by atoms with Crippen molar-refractivity contribution in [3.63, 3.8) is 0 Å². The lowest BCUT2D eigenvalue weighted by atomic mass is 10.1. The van der Waals surface area contributed by atoms with E-state index in [1.807, 2.05) is 12.1 Å². The fraction of sp³-hybridized carbons (Fsp3) is 0.556. The van der Waals surface area contributed by atoms with Crippen LogP contribution in [-0.4, -0.2) is 12.1 Å². The highest BCUT2D eigenvalue weighted by Gasteiger charge is 2.13. The first-order chi connectivity index (χ1) is 9.94. The molecule has 0 aliphatic rings. The minimum atomic E-state index is -0.283. The first-order valence-electron chi connectivity index (χ1n) is 7.70. The summed E-state index contributed by atoms with van der Waals surface area (Å²) in [7, 11) is 0. The summed E-state index contributed by atoms with van der Waals surface area (Å²) >= 11 is 0. The molecular formula is C18H28FNO. The van der Waals surface area contributed by atoms with Crippen LogP contribution in [0.25, 0.3) is 0 Å². The quantitative estimate of drug-likeness (QED) is 0.519. The Balaban J connectivity index is 2.53. The number of para-hydroxylation sites is 1. The molecule has 0 aliphatic carbocycles. The normalized spacial score (nSPS) is 11.4. The van der Waals surface area contributed by atoms with E-state index in [2.05, 4.69) is 32.7 Å². The summed E-state index contributed by atoms with van der Waals surface area (Å²) in [5.74, 6) is 0.104. The number of unbranched alkanes of at least 4 members (excludes halogenated alkanes) is 3. The number of rotatable bonds is 9. The Hall–Kier alpha value is -1.35. The first-order valence-corrected chi connectivity index (χ1v) is 7.70. The van der Waals surface area contributed by atoms with Crippen molar-refractivity contribution in [2.75, 3.05) is 6.61 Å². The van der Waals surface area contributed by atoms with Gasteiger partial charge in [0.2, 0.25) is 0 Å². The molecule has 3 heteroatoms. The van der Waals surface area contributed by atoms with E-state index in [1.54, 1.807) is 6.07 Å². The molecule has 2 nitrogen and oxygen atoms in total. The molecular weight excluding hydrogens is 265 g/mol. The maximum absolute atomic E-state index is 13.9. The zero-order valence-electron chi connectivity index (χ0n) is 13.5. The van der Waals surface area contributed by atoms with Crippen LogP contribution in [0.1, 0.15) is 52.0 Å². The van der Waals surface area contributed by atoms with Crippen LogP contribution in [-0.2, 0) is 6.54 Å². The predicted octanol–water partition coefficient (Wildman–Crippen LogP) is 4.84. The monoisotopic (exact) mass is 293 g/mol. The zero-order valence-corrected chi connectivity index (χ0v) is 13.5. The first kappa shape index (κ1) is 17.7. The summed E-state index contributed by atoms with van der Waals surface area (Å²) in [4.78, 5) is 0. The van der Waals surface area contributed by atoms with Gasteiger partial charge in [0.25, 0.3) is 0 Å². The van der Waals surface area contributed by atoms with Crippen LogP contribution in [0.5, 0.6) is 5.75 Å². The van der Waals surface area contributed by atoms with Crippen molar-refractivity contribution in [2.24, 2.45) is 0 Å². The minimum absolute atomic E-state index is 0.00568. The zero-order chi connectivity index (χ0) is 15.7. The maximum Gasteiger partial charge on any atom is 0.165 e. The van der Waals surface area contributed by atoms with Gasteiger partial charge in [-0.05, 0) is 52.5 Å². The van der Waals surface area contributed by atoms with Gasteiger partial charge in [-0.3, -0.25) is 0 Å². The standard InChI is InChI=1S/C18H28FNO/c1-5-6-7-8-9-13-21-17-15(11-10-12-16(17)19)14-20-18(2,3)4/h5,10-12,20H,1,6-9,13-14H2,2-4H3. The molecule has 0 unspecified atom stereocenters. The molecule has 0 aromatic heterocycles. The van der Waals surface area contributed by atoms with Gasteiger partial charge in [-0.1, -0.05) is 18.2 Å². The number of hydrogen-bond donors (Lipinski definition) is 1. The van der Waals surface area contributed by atoms with Crippen LogP contribution in [0.2, 0.25) is 0 Å². The minimum Gasteiger partial charge on any atom is -0.490 e. The van der Waals surface area contributed by atoms with Gasteiger partial charge in [-0.2, -0.15) is 0 Å². The van der Waals surface area contributed by atoms with Crippen molar-refractivity contribution in [3.8, 4) is 5.75 Å². The van der Waals surface area contributed by atoms with Gasteiger partial charge in [0.1, 0.15) is 0 Å². The van der Waals surface area contributed by atoms with E-state index in [4.69, 9.17) is 4.74 Å². The Labute approximate surface area is 128 Å². The van der Waals surface area contributed by atoms with E-state index in [0.717, 1.165) is 31.2 Å². The predicted molar refractivity (Wildman–Crippen MR) is 87.2 cm³/mol. The smallest absolute Gasteiger partial charge is 0.165 e. The average molecular weight is 293 g/mol. The van der Waals surface area contributed by atoms with Gasteiger partial charge in [-0.15, -0.1) is 6.58 Å². The number of halogens is 1. The van der Waals surface area contributed by atoms with Crippen molar-refractivity contribution in [2.45, 2.75) is 58.5 Å². The number of allylic oxidation sites excluding steroid dienone is 1. The third kappa shape index (κ3) is 7.28. The maximum atomic E-state index is 13.9.